The fourth-order valence-corrected chi connectivity index (χ4v) is 10.2. The SMILES string of the molecule is CCCCCCCCCCCCCCCCCCCCCCCCCOCC(COC1OC(COC2OC(CO)C(O)C(O)C2O)C(O)C(O)C1O)OC(=O)CCCCCCCCCCCCCCCCCC. The summed E-state index contributed by atoms with van der Waals surface area (Å²) in [6, 6.07) is 0. The third kappa shape index (κ3) is 33.8. The zero-order chi connectivity index (χ0) is 53.0. The van der Waals surface area contributed by atoms with Gasteiger partial charge in [-0.05, 0) is 12.8 Å². The average Bonchev–Trinajstić information content (AvgIpc) is 3.39. The van der Waals surface area contributed by atoms with Crippen molar-refractivity contribution in [3.8, 4) is 0 Å². The zero-order valence-electron chi connectivity index (χ0n) is 46.7. The summed E-state index contributed by atoms with van der Waals surface area (Å²) in [5.74, 6) is -0.367. The maximum absolute atomic E-state index is 13.1. The molecule has 0 saturated carbocycles. The summed E-state index contributed by atoms with van der Waals surface area (Å²) in [5.41, 5.74) is 0. The van der Waals surface area contributed by atoms with E-state index in [4.69, 9.17) is 28.4 Å². The van der Waals surface area contributed by atoms with E-state index in [1.807, 2.05) is 0 Å². The van der Waals surface area contributed by atoms with Crippen LogP contribution in [0.5, 0.6) is 0 Å². The molecule has 0 aromatic rings. The van der Waals surface area contributed by atoms with Gasteiger partial charge in [-0.3, -0.25) is 4.79 Å². The summed E-state index contributed by atoms with van der Waals surface area (Å²) in [6.45, 7) is 3.77. The second-order valence-electron chi connectivity index (χ2n) is 21.9. The first-order valence-electron chi connectivity index (χ1n) is 30.6. The molecule has 0 aliphatic carbocycles. The molecule has 2 rings (SSSR count). The van der Waals surface area contributed by atoms with Crippen LogP contribution in [0.4, 0.5) is 0 Å². The van der Waals surface area contributed by atoms with Gasteiger partial charge in [0.05, 0.1) is 26.4 Å². The molecule has 14 nitrogen and oxygen atoms in total. The Morgan fingerprint density at radius 1 is 0.397 bits per heavy atom. The standard InChI is InChI=1S/C59H114O14/c1-3-5-7-9-11-13-15-17-19-21-22-23-24-25-26-27-29-31-33-35-37-39-41-43-68-45-48(71-51(61)42-40-38-36-34-32-30-28-20-18-16-14-12-10-8-6-4-2)46-69-58-57(67)55(65)53(63)50(73-58)47-70-59-56(66)54(64)52(62)49(44-60)72-59/h48-50,52-60,62-67H,3-47H2,1-2H3. The lowest BCUT2D eigenvalue weighted by Gasteiger charge is -2.42. The van der Waals surface area contributed by atoms with Crippen LogP contribution in [0.2, 0.25) is 0 Å². The molecule has 11 unspecified atom stereocenters. The van der Waals surface area contributed by atoms with Crippen LogP contribution in [0.15, 0.2) is 0 Å². The van der Waals surface area contributed by atoms with Crippen LogP contribution in [0, 0.1) is 0 Å². The van der Waals surface area contributed by atoms with Gasteiger partial charge in [-0.15, -0.1) is 0 Å². The lowest BCUT2D eigenvalue weighted by atomic mass is 9.98. The predicted octanol–water partition coefficient (Wildman–Crippen LogP) is 11.2. The van der Waals surface area contributed by atoms with Crippen molar-refractivity contribution in [1.29, 1.82) is 0 Å². The Balaban J connectivity index is 1.67. The van der Waals surface area contributed by atoms with E-state index in [2.05, 4.69) is 13.8 Å². The molecule has 2 fully saturated rings. The zero-order valence-corrected chi connectivity index (χ0v) is 46.7. The molecular weight excluding hydrogens is 933 g/mol. The molecular formula is C59H114O14. The summed E-state index contributed by atoms with van der Waals surface area (Å²) in [7, 11) is 0. The van der Waals surface area contributed by atoms with Crippen molar-refractivity contribution in [1.82, 2.24) is 0 Å². The number of aliphatic hydroxyl groups is 7. The molecule has 7 N–H and O–H groups in total. The highest BCUT2D eigenvalue weighted by Gasteiger charge is 2.47. The Hall–Kier alpha value is -1.01. The first kappa shape index (κ1) is 68.1. The van der Waals surface area contributed by atoms with Crippen LogP contribution in [0.25, 0.3) is 0 Å². The Bertz CT molecular complexity index is 1210. The third-order valence-electron chi connectivity index (χ3n) is 15.1. The van der Waals surface area contributed by atoms with E-state index in [1.165, 1.54) is 205 Å². The van der Waals surface area contributed by atoms with Crippen molar-refractivity contribution in [2.45, 2.75) is 338 Å². The van der Waals surface area contributed by atoms with Crippen molar-refractivity contribution in [3.63, 3.8) is 0 Å². The van der Waals surface area contributed by atoms with Crippen molar-refractivity contribution in [3.05, 3.63) is 0 Å². The fraction of sp³-hybridized carbons (Fsp3) is 0.983. The van der Waals surface area contributed by atoms with Crippen LogP contribution < -0.4 is 0 Å². The number of hydrogen-bond acceptors (Lipinski definition) is 14. The quantitative estimate of drug-likeness (QED) is 0.0223. The molecule has 2 aliphatic rings. The molecule has 11 atom stereocenters. The first-order valence-corrected chi connectivity index (χ1v) is 30.6. The molecule has 2 heterocycles. The molecule has 73 heavy (non-hydrogen) atoms. The minimum Gasteiger partial charge on any atom is -0.457 e. The second kappa shape index (κ2) is 47.0. The number of ether oxygens (including phenoxy) is 6. The highest BCUT2D eigenvalue weighted by molar-refractivity contribution is 5.69. The molecule has 2 aliphatic heterocycles. The second-order valence-corrected chi connectivity index (χ2v) is 21.9. The van der Waals surface area contributed by atoms with Gasteiger partial charge in [0.15, 0.2) is 12.6 Å². The van der Waals surface area contributed by atoms with Gasteiger partial charge in [0.25, 0.3) is 0 Å². The van der Waals surface area contributed by atoms with E-state index in [1.54, 1.807) is 0 Å². The number of esters is 1. The Morgan fingerprint density at radius 3 is 1.11 bits per heavy atom. The van der Waals surface area contributed by atoms with Crippen molar-refractivity contribution in [2.75, 3.05) is 33.0 Å². The molecule has 0 radical (unpaired) electrons. The highest BCUT2D eigenvalue weighted by Crippen LogP contribution is 2.27. The summed E-state index contributed by atoms with van der Waals surface area (Å²) in [5, 5.41) is 72.4. The molecule has 0 spiro atoms. The minimum absolute atomic E-state index is 0.0711. The summed E-state index contributed by atoms with van der Waals surface area (Å²) in [6.07, 6.45) is 34.5. The molecule has 0 aromatic carbocycles. The summed E-state index contributed by atoms with van der Waals surface area (Å²) >= 11 is 0. The number of hydrogen-bond donors (Lipinski definition) is 7. The van der Waals surface area contributed by atoms with Crippen LogP contribution >= 0.6 is 0 Å². The maximum atomic E-state index is 13.1. The number of rotatable bonds is 51. The minimum atomic E-state index is -1.70. The highest BCUT2D eigenvalue weighted by atomic mass is 16.7. The molecule has 434 valence electrons. The van der Waals surface area contributed by atoms with E-state index in [9.17, 15) is 40.5 Å². The summed E-state index contributed by atoms with van der Waals surface area (Å²) in [4.78, 5) is 13.1. The van der Waals surface area contributed by atoms with Gasteiger partial charge < -0.3 is 64.2 Å². The average molecular weight is 1050 g/mol. The van der Waals surface area contributed by atoms with Gasteiger partial charge in [0.1, 0.15) is 54.9 Å². The van der Waals surface area contributed by atoms with E-state index in [-0.39, 0.29) is 25.6 Å². The molecule has 0 amide bonds. The van der Waals surface area contributed by atoms with Crippen LogP contribution in [-0.2, 0) is 33.2 Å². The van der Waals surface area contributed by atoms with Gasteiger partial charge in [0.2, 0.25) is 0 Å². The molecule has 0 aromatic heterocycles. The van der Waals surface area contributed by atoms with E-state index >= 15 is 0 Å². The number of aliphatic hydroxyl groups excluding tert-OH is 7. The van der Waals surface area contributed by atoms with Gasteiger partial charge >= 0.3 is 5.97 Å². The molecule has 14 heteroatoms. The van der Waals surface area contributed by atoms with Crippen LogP contribution in [0.1, 0.15) is 271 Å². The Labute approximate surface area is 444 Å². The van der Waals surface area contributed by atoms with Gasteiger partial charge in [-0.1, -0.05) is 251 Å². The maximum Gasteiger partial charge on any atom is 0.306 e. The number of unbranched alkanes of at least 4 members (excludes halogenated alkanes) is 37. The van der Waals surface area contributed by atoms with Crippen molar-refractivity contribution < 1.29 is 69.0 Å². The van der Waals surface area contributed by atoms with Crippen molar-refractivity contribution >= 4 is 5.97 Å². The lowest BCUT2D eigenvalue weighted by molar-refractivity contribution is -0.332. The smallest absolute Gasteiger partial charge is 0.306 e. The number of carbonyl (C=O) groups is 1. The lowest BCUT2D eigenvalue weighted by Crippen LogP contribution is -2.61. The van der Waals surface area contributed by atoms with Crippen LogP contribution in [0.3, 0.4) is 0 Å². The van der Waals surface area contributed by atoms with Crippen molar-refractivity contribution in [2.24, 2.45) is 0 Å². The van der Waals surface area contributed by atoms with E-state index in [0.29, 0.717) is 6.61 Å². The Morgan fingerprint density at radius 2 is 0.726 bits per heavy atom. The van der Waals surface area contributed by atoms with E-state index in [0.717, 1.165) is 44.9 Å². The number of carbonyl (C=O) groups excluding carboxylic acids is 1. The predicted molar refractivity (Wildman–Crippen MR) is 289 cm³/mol. The van der Waals surface area contributed by atoms with E-state index < -0.39 is 80.7 Å². The molecule has 2 saturated heterocycles. The van der Waals surface area contributed by atoms with Gasteiger partial charge in [-0.2, -0.15) is 0 Å². The van der Waals surface area contributed by atoms with Gasteiger partial charge in [0, 0.05) is 13.0 Å². The normalized spacial score (nSPS) is 24.8. The topological polar surface area (TPSA) is 214 Å². The monoisotopic (exact) mass is 1050 g/mol. The largest absolute Gasteiger partial charge is 0.457 e. The molecule has 0 bridgehead atoms. The van der Waals surface area contributed by atoms with Gasteiger partial charge in [-0.25, -0.2) is 0 Å². The Kier molecular flexibility index (Phi) is 43.9. The summed E-state index contributed by atoms with van der Waals surface area (Å²) < 4.78 is 34.5. The van der Waals surface area contributed by atoms with Crippen LogP contribution in [-0.4, -0.2) is 142 Å². The first-order chi connectivity index (χ1) is 35.6. The third-order valence-corrected chi connectivity index (χ3v) is 15.1. The fourth-order valence-electron chi connectivity index (χ4n) is 10.2.